The lowest BCUT2D eigenvalue weighted by Crippen LogP contribution is -2.26. The quantitative estimate of drug-likeness (QED) is 0.369. The first-order valence-corrected chi connectivity index (χ1v) is 12.2. The maximum atomic E-state index is 11.8. The summed E-state index contributed by atoms with van der Waals surface area (Å²) in [5.41, 5.74) is 5.70. The molecule has 0 bridgehead atoms. The van der Waals surface area contributed by atoms with Gasteiger partial charge in [-0.25, -0.2) is 4.79 Å². The highest BCUT2D eigenvalue weighted by molar-refractivity contribution is 5.82. The number of nitrogens with zero attached hydrogens (tertiary/aromatic N) is 1. The van der Waals surface area contributed by atoms with Gasteiger partial charge < -0.3 is 24.4 Å². The van der Waals surface area contributed by atoms with Crippen LogP contribution in [0.15, 0.2) is 78.4 Å². The molecule has 0 fully saturated rings. The Kier molecular flexibility index (Phi) is 9.95. The maximum absolute atomic E-state index is 11.8. The number of likely N-dealkylation sites (N-methyl/N-ethyl adjacent to an activating group) is 1. The zero-order chi connectivity index (χ0) is 25.9. The normalized spacial score (nSPS) is 11.6. The van der Waals surface area contributed by atoms with Crippen molar-refractivity contribution in [2.75, 3.05) is 40.9 Å². The molecule has 190 valence electrons. The van der Waals surface area contributed by atoms with Gasteiger partial charge in [-0.1, -0.05) is 42.0 Å². The topological polar surface area (TPSA) is 60.0 Å². The van der Waals surface area contributed by atoms with Crippen LogP contribution in [-0.4, -0.2) is 51.9 Å². The van der Waals surface area contributed by atoms with Crippen LogP contribution in [0.25, 0.3) is 5.57 Å². The molecule has 0 saturated carbocycles. The third kappa shape index (κ3) is 7.89. The monoisotopic (exact) mass is 488 g/mol. The van der Waals surface area contributed by atoms with E-state index < -0.39 is 6.09 Å². The Balaban J connectivity index is 1.90. The van der Waals surface area contributed by atoms with E-state index in [4.69, 9.17) is 14.2 Å². The summed E-state index contributed by atoms with van der Waals surface area (Å²) >= 11 is 0. The van der Waals surface area contributed by atoms with Crippen molar-refractivity contribution in [3.8, 4) is 17.2 Å². The minimum absolute atomic E-state index is 0.457. The van der Waals surface area contributed by atoms with Crippen LogP contribution in [0.2, 0.25) is 0 Å². The van der Waals surface area contributed by atoms with Crippen LogP contribution >= 0.6 is 0 Å². The van der Waals surface area contributed by atoms with E-state index in [0.717, 1.165) is 41.2 Å². The van der Waals surface area contributed by atoms with Gasteiger partial charge in [0.2, 0.25) is 0 Å². The van der Waals surface area contributed by atoms with Crippen molar-refractivity contribution in [1.82, 2.24) is 10.2 Å². The highest BCUT2D eigenvalue weighted by Gasteiger charge is 2.12. The van der Waals surface area contributed by atoms with E-state index in [1.807, 2.05) is 69.6 Å². The molecule has 0 aliphatic rings. The summed E-state index contributed by atoms with van der Waals surface area (Å²) in [7, 11) is 5.73. The number of hydrogen-bond acceptors (Lipinski definition) is 5. The zero-order valence-corrected chi connectivity index (χ0v) is 21.8. The van der Waals surface area contributed by atoms with Crippen molar-refractivity contribution in [3.63, 3.8) is 0 Å². The average molecular weight is 489 g/mol. The molecule has 0 aliphatic heterocycles. The molecule has 0 aromatic heterocycles. The molecule has 0 radical (unpaired) electrons. The Morgan fingerprint density at radius 2 is 1.39 bits per heavy atom. The van der Waals surface area contributed by atoms with Crippen molar-refractivity contribution in [3.05, 3.63) is 95.1 Å². The maximum Gasteiger partial charge on any atom is 0.412 e. The summed E-state index contributed by atoms with van der Waals surface area (Å²) in [6, 6.07) is 24.0. The van der Waals surface area contributed by atoms with Gasteiger partial charge in [0.1, 0.15) is 23.9 Å². The molecule has 1 N–H and O–H groups in total. The number of rotatable bonds is 11. The molecule has 6 nitrogen and oxygen atoms in total. The number of hydrogen-bond donors (Lipinski definition) is 1. The molecule has 0 atom stereocenters. The van der Waals surface area contributed by atoms with Crippen molar-refractivity contribution in [1.29, 1.82) is 0 Å². The Morgan fingerprint density at radius 1 is 0.833 bits per heavy atom. The first-order chi connectivity index (χ1) is 17.4. The van der Waals surface area contributed by atoms with E-state index in [1.165, 1.54) is 11.1 Å². The smallest absolute Gasteiger partial charge is 0.412 e. The standard InChI is InChI=1S/C30H36N2O4/c1-6-31-30(33)36-28-17-11-25(12-18-28)29(22(2)21-23-7-13-26(34-5)14-8-23)24-9-15-27(16-10-24)35-20-19-32(3)4/h7-18H,6,19-21H2,1-5H3,(H,31,33)/b29-22-. The number of benzene rings is 3. The minimum Gasteiger partial charge on any atom is -0.497 e. The van der Waals surface area contributed by atoms with Crippen molar-refractivity contribution in [2.45, 2.75) is 20.3 Å². The molecule has 0 unspecified atom stereocenters. The molecule has 3 aromatic rings. The van der Waals surface area contributed by atoms with Gasteiger partial charge in [0.15, 0.2) is 0 Å². The number of ether oxygens (including phenoxy) is 3. The van der Waals surface area contributed by atoms with Crippen LogP contribution in [0.4, 0.5) is 4.79 Å². The van der Waals surface area contributed by atoms with Gasteiger partial charge in [-0.3, -0.25) is 0 Å². The van der Waals surface area contributed by atoms with E-state index in [9.17, 15) is 4.79 Å². The lowest BCUT2D eigenvalue weighted by atomic mass is 9.90. The molecule has 3 aromatic carbocycles. The Hall–Kier alpha value is -3.77. The molecule has 0 spiro atoms. The predicted molar refractivity (Wildman–Crippen MR) is 145 cm³/mol. The first-order valence-electron chi connectivity index (χ1n) is 12.2. The Morgan fingerprint density at radius 3 is 1.92 bits per heavy atom. The van der Waals surface area contributed by atoms with Gasteiger partial charge in [-0.2, -0.15) is 0 Å². The fraction of sp³-hybridized carbons (Fsp3) is 0.300. The average Bonchev–Trinajstić information content (AvgIpc) is 2.86. The third-order valence-electron chi connectivity index (χ3n) is 5.68. The zero-order valence-electron chi connectivity index (χ0n) is 21.8. The number of nitrogens with one attached hydrogen (secondary N) is 1. The SMILES string of the molecule is CCNC(=O)Oc1ccc(/C(=C(/C)Cc2ccc(OC)cc2)c2ccc(OCCN(C)C)cc2)cc1. The molecule has 3 rings (SSSR count). The van der Waals surface area contributed by atoms with Crippen LogP contribution in [0.5, 0.6) is 17.2 Å². The third-order valence-corrected chi connectivity index (χ3v) is 5.68. The summed E-state index contributed by atoms with van der Waals surface area (Å²) in [5.74, 6) is 2.19. The van der Waals surface area contributed by atoms with Gasteiger partial charge in [0.25, 0.3) is 0 Å². The highest BCUT2D eigenvalue weighted by Crippen LogP contribution is 2.31. The van der Waals surface area contributed by atoms with Crippen LogP contribution in [0.1, 0.15) is 30.5 Å². The summed E-state index contributed by atoms with van der Waals surface area (Å²) in [5, 5.41) is 2.64. The van der Waals surface area contributed by atoms with E-state index in [0.29, 0.717) is 18.9 Å². The number of methoxy groups -OCH3 is 1. The van der Waals surface area contributed by atoms with Crippen LogP contribution in [0, 0.1) is 0 Å². The van der Waals surface area contributed by atoms with Crippen molar-refractivity contribution >= 4 is 11.7 Å². The van der Waals surface area contributed by atoms with E-state index in [1.54, 1.807) is 7.11 Å². The Labute approximate surface area is 214 Å². The number of carbonyl (C=O) groups excluding carboxylic acids is 1. The first kappa shape index (κ1) is 26.8. The van der Waals surface area contributed by atoms with Gasteiger partial charge in [-0.05, 0) is 93.0 Å². The second-order valence-electron chi connectivity index (χ2n) is 8.80. The summed E-state index contributed by atoms with van der Waals surface area (Å²) in [4.78, 5) is 13.9. The highest BCUT2D eigenvalue weighted by atomic mass is 16.6. The minimum atomic E-state index is -0.457. The summed E-state index contributed by atoms with van der Waals surface area (Å²) in [6.45, 7) is 6.02. The van der Waals surface area contributed by atoms with Crippen molar-refractivity contribution < 1.29 is 19.0 Å². The Bertz CT molecular complexity index is 1140. The molecule has 36 heavy (non-hydrogen) atoms. The lowest BCUT2D eigenvalue weighted by molar-refractivity contribution is 0.201. The van der Waals surface area contributed by atoms with E-state index >= 15 is 0 Å². The molecular weight excluding hydrogens is 452 g/mol. The number of carbonyl (C=O) groups is 1. The second-order valence-corrected chi connectivity index (χ2v) is 8.80. The number of allylic oxidation sites excluding steroid dienone is 1. The molecular formula is C30H36N2O4. The molecule has 0 heterocycles. The predicted octanol–water partition coefficient (Wildman–Crippen LogP) is 5.81. The fourth-order valence-electron chi connectivity index (χ4n) is 3.84. The largest absolute Gasteiger partial charge is 0.497 e. The van der Waals surface area contributed by atoms with Gasteiger partial charge in [0, 0.05) is 13.1 Å². The van der Waals surface area contributed by atoms with Crippen LogP contribution in [-0.2, 0) is 6.42 Å². The van der Waals surface area contributed by atoms with Crippen molar-refractivity contribution in [2.24, 2.45) is 0 Å². The number of amides is 1. The summed E-state index contributed by atoms with van der Waals surface area (Å²) < 4.78 is 16.5. The van der Waals surface area contributed by atoms with Gasteiger partial charge >= 0.3 is 6.09 Å². The van der Waals surface area contributed by atoms with E-state index in [-0.39, 0.29) is 0 Å². The molecule has 1 amide bonds. The fourth-order valence-corrected chi connectivity index (χ4v) is 3.84. The molecule has 0 aliphatic carbocycles. The van der Waals surface area contributed by atoms with Crippen LogP contribution < -0.4 is 19.5 Å². The van der Waals surface area contributed by atoms with E-state index in [2.05, 4.69) is 41.4 Å². The van der Waals surface area contributed by atoms with Gasteiger partial charge in [-0.15, -0.1) is 0 Å². The van der Waals surface area contributed by atoms with Gasteiger partial charge in [0.05, 0.1) is 7.11 Å². The molecule has 6 heteroatoms. The second kappa shape index (κ2) is 13.4. The lowest BCUT2D eigenvalue weighted by Gasteiger charge is -2.16. The summed E-state index contributed by atoms with van der Waals surface area (Å²) in [6.07, 6.45) is 0.332. The molecule has 0 saturated heterocycles. The van der Waals surface area contributed by atoms with Crippen LogP contribution in [0.3, 0.4) is 0 Å².